The van der Waals surface area contributed by atoms with Crippen molar-refractivity contribution in [2.75, 3.05) is 13.1 Å². The Labute approximate surface area is 141 Å². The minimum Gasteiger partial charge on any atom is -0.337 e. The second kappa shape index (κ2) is 6.40. The standard InChI is InChI=1S/C20H19N3O/c24-20(19-7-3-4-10-21-19)23-12-9-15(14-23)13-16-8-11-22-18-6-2-1-5-17(16)18/h1-8,10-11,15H,9,12-14H2. The molecule has 1 fully saturated rings. The summed E-state index contributed by atoms with van der Waals surface area (Å²) in [5, 5.41) is 1.22. The summed E-state index contributed by atoms with van der Waals surface area (Å²) in [5.74, 6) is 0.529. The summed E-state index contributed by atoms with van der Waals surface area (Å²) in [6.07, 6.45) is 5.57. The Morgan fingerprint density at radius 3 is 2.79 bits per heavy atom. The van der Waals surface area contributed by atoms with Crippen molar-refractivity contribution in [2.24, 2.45) is 5.92 Å². The van der Waals surface area contributed by atoms with Crippen LogP contribution < -0.4 is 0 Å². The molecule has 1 atom stereocenters. The van der Waals surface area contributed by atoms with Crippen LogP contribution >= 0.6 is 0 Å². The van der Waals surface area contributed by atoms with Gasteiger partial charge in [0.15, 0.2) is 0 Å². The van der Waals surface area contributed by atoms with E-state index in [1.54, 1.807) is 12.3 Å². The van der Waals surface area contributed by atoms with Crippen LogP contribution in [0.5, 0.6) is 0 Å². The molecule has 1 aliphatic rings. The van der Waals surface area contributed by atoms with Crippen LogP contribution in [0.4, 0.5) is 0 Å². The third-order valence-corrected chi connectivity index (χ3v) is 4.71. The quantitative estimate of drug-likeness (QED) is 0.744. The molecule has 1 amide bonds. The first-order valence-corrected chi connectivity index (χ1v) is 8.34. The van der Waals surface area contributed by atoms with E-state index in [0.717, 1.165) is 31.4 Å². The molecule has 1 aliphatic heterocycles. The summed E-state index contributed by atoms with van der Waals surface area (Å²) in [6.45, 7) is 1.61. The minimum atomic E-state index is 0.0395. The maximum atomic E-state index is 12.5. The number of para-hydroxylation sites is 1. The maximum Gasteiger partial charge on any atom is 0.272 e. The molecule has 2 aromatic heterocycles. The van der Waals surface area contributed by atoms with Gasteiger partial charge in [0.25, 0.3) is 5.91 Å². The van der Waals surface area contributed by atoms with Crippen LogP contribution in [-0.2, 0) is 6.42 Å². The van der Waals surface area contributed by atoms with Crippen LogP contribution in [0.2, 0.25) is 0 Å². The fourth-order valence-corrected chi connectivity index (χ4v) is 3.48. The highest BCUT2D eigenvalue weighted by atomic mass is 16.2. The summed E-state index contributed by atoms with van der Waals surface area (Å²) in [4.78, 5) is 23.0. The minimum absolute atomic E-state index is 0.0395. The molecule has 1 aromatic carbocycles. The van der Waals surface area contributed by atoms with Crippen LogP contribution in [0.3, 0.4) is 0 Å². The Morgan fingerprint density at radius 1 is 1.04 bits per heavy atom. The van der Waals surface area contributed by atoms with Crippen LogP contribution in [0.25, 0.3) is 10.9 Å². The monoisotopic (exact) mass is 317 g/mol. The molecule has 0 saturated carbocycles. The predicted molar refractivity (Wildman–Crippen MR) is 93.7 cm³/mol. The number of rotatable bonds is 3. The molecule has 4 heteroatoms. The molecule has 1 saturated heterocycles. The largest absolute Gasteiger partial charge is 0.337 e. The normalized spacial score (nSPS) is 17.3. The molecular weight excluding hydrogens is 298 g/mol. The Morgan fingerprint density at radius 2 is 1.92 bits per heavy atom. The number of carbonyl (C=O) groups is 1. The van der Waals surface area contributed by atoms with E-state index in [9.17, 15) is 4.79 Å². The molecule has 24 heavy (non-hydrogen) atoms. The number of hydrogen-bond donors (Lipinski definition) is 0. The van der Waals surface area contributed by atoms with Gasteiger partial charge in [0.2, 0.25) is 0 Å². The van der Waals surface area contributed by atoms with Crippen LogP contribution in [-0.4, -0.2) is 33.9 Å². The first-order valence-electron chi connectivity index (χ1n) is 8.34. The molecule has 4 rings (SSSR count). The summed E-state index contributed by atoms with van der Waals surface area (Å²) in [5.41, 5.74) is 2.89. The van der Waals surface area contributed by atoms with Crippen molar-refractivity contribution < 1.29 is 4.79 Å². The summed E-state index contributed by atoms with van der Waals surface area (Å²) >= 11 is 0. The van der Waals surface area contributed by atoms with E-state index in [4.69, 9.17) is 0 Å². The van der Waals surface area contributed by atoms with Crippen molar-refractivity contribution in [1.29, 1.82) is 0 Å². The zero-order valence-electron chi connectivity index (χ0n) is 13.4. The highest BCUT2D eigenvalue weighted by Gasteiger charge is 2.27. The summed E-state index contributed by atoms with van der Waals surface area (Å²) in [7, 11) is 0. The first kappa shape index (κ1) is 14.8. The summed E-state index contributed by atoms with van der Waals surface area (Å²) < 4.78 is 0. The zero-order valence-corrected chi connectivity index (χ0v) is 13.4. The molecule has 1 unspecified atom stereocenters. The SMILES string of the molecule is O=C(c1ccccn1)N1CCC(Cc2ccnc3ccccc23)C1. The molecule has 3 heterocycles. The fraction of sp³-hybridized carbons (Fsp3) is 0.250. The van der Waals surface area contributed by atoms with Gasteiger partial charge in [-0.3, -0.25) is 14.8 Å². The van der Waals surface area contributed by atoms with Crippen LogP contribution in [0, 0.1) is 5.92 Å². The van der Waals surface area contributed by atoms with Gasteiger partial charge in [-0.05, 0) is 48.6 Å². The molecule has 0 bridgehead atoms. The van der Waals surface area contributed by atoms with E-state index in [1.807, 2.05) is 35.4 Å². The van der Waals surface area contributed by atoms with E-state index < -0.39 is 0 Å². The molecule has 0 aliphatic carbocycles. The lowest BCUT2D eigenvalue weighted by molar-refractivity contribution is 0.0781. The molecule has 3 aromatic rings. The number of benzene rings is 1. The van der Waals surface area contributed by atoms with E-state index >= 15 is 0 Å². The number of aromatic nitrogens is 2. The van der Waals surface area contributed by atoms with Gasteiger partial charge in [0.05, 0.1) is 5.52 Å². The van der Waals surface area contributed by atoms with Gasteiger partial charge in [0, 0.05) is 30.9 Å². The molecule has 120 valence electrons. The van der Waals surface area contributed by atoms with E-state index in [0.29, 0.717) is 11.6 Å². The molecule has 0 spiro atoms. The fourth-order valence-electron chi connectivity index (χ4n) is 3.48. The first-order chi connectivity index (χ1) is 11.8. The van der Waals surface area contributed by atoms with Gasteiger partial charge >= 0.3 is 0 Å². The lowest BCUT2D eigenvalue weighted by Crippen LogP contribution is -2.29. The number of fused-ring (bicyclic) bond motifs is 1. The van der Waals surface area contributed by atoms with Gasteiger partial charge < -0.3 is 4.90 Å². The second-order valence-electron chi connectivity index (χ2n) is 6.31. The van der Waals surface area contributed by atoms with Crippen molar-refractivity contribution in [3.63, 3.8) is 0 Å². The molecule has 0 N–H and O–H groups in total. The van der Waals surface area contributed by atoms with Gasteiger partial charge in [-0.1, -0.05) is 24.3 Å². The average Bonchev–Trinajstić information content (AvgIpc) is 3.11. The van der Waals surface area contributed by atoms with Gasteiger partial charge in [-0.25, -0.2) is 0 Å². The van der Waals surface area contributed by atoms with Crippen LogP contribution in [0.1, 0.15) is 22.5 Å². The lowest BCUT2D eigenvalue weighted by atomic mass is 9.96. The van der Waals surface area contributed by atoms with Crippen LogP contribution in [0.15, 0.2) is 60.9 Å². The van der Waals surface area contributed by atoms with E-state index in [2.05, 4.69) is 28.2 Å². The highest BCUT2D eigenvalue weighted by Crippen LogP contribution is 2.25. The van der Waals surface area contributed by atoms with Gasteiger partial charge in [-0.15, -0.1) is 0 Å². The molecule has 0 radical (unpaired) electrons. The third-order valence-electron chi connectivity index (χ3n) is 4.71. The lowest BCUT2D eigenvalue weighted by Gasteiger charge is -2.16. The maximum absolute atomic E-state index is 12.5. The van der Waals surface area contributed by atoms with Crippen molar-refractivity contribution in [3.8, 4) is 0 Å². The van der Waals surface area contributed by atoms with Crippen molar-refractivity contribution in [1.82, 2.24) is 14.9 Å². The second-order valence-corrected chi connectivity index (χ2v) is 6.31. The van der Waals surface area contributed by atoms with Gasteiger partial charge in [0.1, 0.15) is 5.69 Å². The van der Waals surface area contributed by atoms with Crippen molar-refractivity contribution >= 4 is 16.8 Å². The van der Waals surface area contributed by atoms with Gasteiger partial charge in [-0.2, -0.15) is 0 Å². The number of amides is 1. The molecule has 4 nitrogen and oxygen atoms in total. The molecular formula is C20H19N3O. The topological polar surface area (TPSA) is 46.1 Å². The zero-order chi connectivity index (χ0) is 16.4. The number of carbonyl (C=O) groups excluding carboxylic acids is 1. The number of hydrogen-bond acceptors (Lipinski definition) is 3. The Hall–Kier alpha value is -2.75. The van der Waals surface area contributed by atoms with E-state index in [-0.39, 0.29) is 5.91 Å². The average molecular weight is 317 g/mol. The Balaban J connectivity index is 1.48. The number of pyridine rings is 2. The van der Waals surface area contributed by atoms with Crippen molar-refractivity contribution in [2.45, 2.75) is 12.8 Å². The predicted octanol–water partition coefficient (Wildman–Crippen LogP) is 3.33. The number of likely N-dealkylation sites (tertiary alicyclic amines) is 1. The third kappa shape index (κ3) is 2.87. The Bertz CT molecular complexity index is 858. The smallest absolute Gasteiger partial charge is 0.272 e. The number of nitrogens with zero attached hydrogens (tertiary/aromatic N) is 3. The summed E-state index contributed by atoms with van der Waals surface area (Å²) in [6, 6.07) is 15.8. The highest BCUT2D eigenvalue weighted by molar-refractivity contribution is 5.92. The van der Waals surface area contributed by atoms with Crippen molar-refractivity contribution in [3.05, 3.63) is 72.2 Å². The van der Waals surface area contributed by atoms with E-state index in [1.165, 1.54) is 10.9 Å². The Kier molecular flexibility index (Phi) is 3.95.